The van der Waals surface area contributed by atoms with Crippen molar-refractivity contribution in [3.05, 3.63) is 59.7 Å². The van der Waals surface area contributed by atoms with Crippen LogP contribution in [0.25, 0.3) is 0 Å². The molecule has 0 amide bonds. The van der Waals surface area contributed by atoms with E-state index in [1.54, 1.807) is 12.1 Å². The quantitative estimate of drug-likeness (QED) is 0.199. The molecule has 0 saturated heterocycles. The summed E-state index contributed by atoms with van der Waals surface area (Å²) in [7, 11) is -3.16. The molecule has 0 aliphatic carbocycles. The fourth-order valence-corrected chi connectivity index (χ4v) is 3.46. The van der Waals surface area contributed by atoms with Crippen LogP contribution in [0.3, 0.4) is 0 Å². The van der Waals surface area contributed by atoms with Crippen LogP contribution < -0.4 is 15.4 Å². The predicted octanol–water partition coefficient (Wildman–Crippen LogP) is 4.01. The predicted molar refractivity (Wildman–Crippen MR) is 139 cm³/mol. The molecule has 172 valence electrons. The number of benzene rings is 2. The van der Waals surface area contributed by atoms with Gasteiger partial charge in [0.25, 0.3) is 0 Å². The standard InChI is InChI=1S/C23H33N3O3S.HI/c1-5-24-23(25-15-14-19-6-12-22(13-7-19)30(4,27)28)26-16-17-29-21-10-8-20(9-11-21)18(2)3;/h6-13,18H,5,14-17H2,1-4H3,(H2,24,25,26);1H. The number of hydrogen-bond donors (Lipinski definition) is 2. The van der Waals surface area contributed by atoms with Crippen LogP contribution in [-0.4, -0.2) is 46.9 Å². The van der Waals surface area contributed by atoms with Crippen LogP contribution in [0.2, 0.25) is 0 Å². The molecule has 8 heteroatoms. The van der Waals surface area contributed by atoms with E-state index in [0.717, 1.165) is 30.2 Å². The second kappa shape index (κ2) is 13.6. The third-order valence-corrected chi connectivity index (χ3v) is 5.70. The number of hydrogen-bond acceptors (Lipinski definition) is 4. The van der Waals surface area contributed by atoms with Gasteiger partial charge in [-0.25, -0.2) is 8.42 Å². The highest BCUT2D eigenvalue weighted by Crippen LogP contribution is 2.18. The summed E-state index contributed by atoms with van der Waals surface area (Å²) in [6.45, 7) is 8.92. The van der Waals surface area contributed by atoms with Crippen molar-refractivity contribution in [2.75, 3.05) is 32.5 Å². The van der Waals surface area contributed by atoms with Gasteiger partial charge in [-0.3, -0.25) is 4.99 Å². The van der Waals surface area contributed by atoms with Gasteiger partial charge in [-0.2, -0.15) is 0 Å². The van der Waals surface area contributed by atoms with Gasteiger partial charge in [0.2, 0.25) is 0 Å². The Balaban J connectivity index is 0.00000480. The second-order valence-corrected chi connectivity index (χ2v) is 9.44. The van der Waals surface area contributed by atoms with E-state index in [1.165, 1.54) is 11.8 Å². The molecule has 0 bridgehead atoms. The van der Waals surface area contributed by atoms with Crippen LogP contribution in [0, 0.1) is 0 Å². The number of rotatable bonds is 10. The van der Waals surface area contributed by atoms with E-state index in [1.807, 2.05) is 31.2 Å². The van der Waals surface area contributed by atoms with Crippen molar-refractivity contribution in [1.82, 2.24) is 10.6 Å². The monoisotopic (exact) mass is 559 g/mol. The van der Waals surface area contributed by atoms with Crippen molar-refractivity contribution in [2.45, 2.75) is 38.0 Å². The summed E-state index contributed by atoms with van der Waals surface area (Å²) in [5, 5.41) is 6.49. The van der Waals surface area contributed by atoms with Gasteiger partial charge in [-0.15, -0.1) is 24.0 Å². The number of sulfone groups is 1. The minimum Gasteiger partial charge on any atom is -0.492 e. The molecule has 0 unspecified atom stereocenters. The van der Waals surface area contributed by atoms with E-state index in [4.69, 9.17) is 4.74 Å². The van der Waals surface area contributed by atoms with Gasteiger partial charge in [0.1, 0.15) is 12.4 Å². The Morgan fingerprint density at radius 2 is 1.68 bits per heavy atom. The Morgan fingerprint density at radius 3 is 2.23 bits per heavy atom. The molecule has 0 fully saturated rings. The molecule has 0 spiro atoms. The fraction of sp³-hybridized carbons (Fsp3) is 0.435. The maximum Gasteiger partial charge on any atom is 0.191 e. The van der Waals surface area contributed by atoms with E-state index < -0.39 is 9.84 Å². The van der Waals surface area contributed by atoms with Gasteiger partial charge >= 0.3 is 0 Å². The number of halogens is 1. The molecule has 2 aromatic rings. The maximum absolute atomic E-state index is 11.5. The topological polar surface area (TPSA) is 79.8 Å². The van der Waals surface area contributed by atoms with Gasteiger partial charge in [-0.1, -0.05) is 38.1 Å². The summed E-state index contributed by atoms with van der Waals surface area (Å²) in [6, 6.07) is 15.2. The van der Waals surface area contributed by atoms with Gasteiger partial charge < -0.3 is 15.4 Å². The molecule has 2 aromatic carbocycles. The Hall–Kier alpha value is -1.81. The highest BCUT2D eigenvalue weighted by atomic mass is 127. The lowest BCUT2D eigenvalue weighted by molar-refractivity contribution is 0.322. The van der Waals surface area contributed by atoms with Crippen molar-refractivity contribution in [3.8, 4) is 5.75 Å². The Kier molecular flexibility index (Phi) is 11.9. The first-order chi connectivity index (χ1) is 14.3. The molecular formula is C23H34IN3O3S. The van der Waals surface area contributed by atoms with Gasteiger partial charge in [-0.05, 0) is 54.7 Å². The number of nitrogens with zero attached hydrogens (tertiary/aromatic N) is 1. The summed E-state index contributed by atoms with van der Waals surface area (Å²) in [5.74, 6) is 2.11. The van der Waals surface area contributed by atoms with Crippen molar-refractivity contribution in [2.24, 2.45) is 4.99 Å². The molecule has 0 atom stereocenters. The molecule has 0 aliphatic heterocycles. The van der Waals surface area contributed by atoms with Crippen LogP contribution in [0.1, 0.15) is 37.8 Å². The zero-order chi connectivity index (χ0) is 22.0. The van der Waals surface area contributed by atoms with Crippen LogP contribution in [0.4, 0.5) is 0 Å². The normalized spacial score (nSPS) is 11.7. The number of ether oxygens (including phenoxy) is 1. The minimum atomic E-state index is -3.16. The smallest absolute Gasteiger partial charge is 0.191 e. The Bertz CT molecular complexity index is 912. The van der Waals surface area contributed by atoms with Crippen LogP contribution in [0.15, 0.2) is 58.4 Å². The molecule has 2 N–H and O–H groups in total. The molecular weight excluding hydrogens is 525 g/mol. The number of aliphatic imine (C=N–C) groups is 1. The lowest BCUT2D eigenvalue weighted by Gasteiger charge is -2.13. The zero-order valence-electron chi connectivity index (χ0n) is 18.7. The van der Waals surface area contributed by atoms with Crippen LogP contribution in [0.5, 0.6) is 5.75 Å². The first-order valence-corrected chi connectivity index (χ1v) is 12.2. The summed E-state index contributed by atoms with van der Waals surface area (Å²) in [4.78, 5) is 4.91. The summed E-state index contributed by atoms with van der Waals surface area (Å²) < 4.78 is 28.8. The molecule has 0 aromatic heterocycles. The van der Waals surface area contributed by atoms with E-state index >= 15 is 0 Å². The van der Waals surface area contributed by atoms with Crippen molar-refractivity contribution in [1.29, 1.82) is 0 Å². The fourth-order valence-electron chi connectivity index (χ4n) is 2.83. The second-order valence-electron chi connectivity index (χ2n) is 7.43. The maximum atomic E-state index is 11.5. The Labute approximate surface area is 203 Å². The SMILES string of the molecule is CCNC(=NCCc1ccc(S(C)(=O)=O)cc1)NCCOc1ccc(C(C)C)cc1.I. The lowest BCUT2D eigenvalue weighted by Crippen LogP contribution is -2.39. The van der Waals surface area contributed by atoms with E-state index in [2.05, 4.69) is 41.6 Å². The van der Waals surface area contributed by atoms with Gasteiger partial charge in [0.15, 0.2) is 15.8 Å². The summed E-state index contributed by atoms with van der Waals surface area (Å²) in [5.41, 5.74) is 2.35. The highest BCUT2D eigenvalue weighted by molar-refractivity contribution is 14.0. The summed E-state index contributed by atoms with van der Waals surface area (Å²) in [6.07, 6.45) is 1.95. The van der Waals surface area contributed by atoms with Crippen molar-refractivity contribution < 1.29 is 13.2 Å². The molecule has 31 heavy (non-hydrogen) atoms. The number of guanidine groups is 1. The Morgan fingerprint density at radius 1 is 1.03 bits per heavy atom. The van der Waals surface area contributed by atoms with Crippen LogP contribution in [-0.2, 0) is 16.3 Å². The van der Waals surface area contributed by atoms with E-state index in [-0.39, 0.29) is 24.0 Å². The van der Waals surface area contributed by atoms with Gasteiger partial charge in [0, 0.05) is 19.3 Å². The molecule has 0 heterocycles. The average molecular weight is 560 g/mol. The average Bonchev–Trinajstić information content (AvgIpc) is 2.71. The molecule has 6 nitrogen and oxygen atoms in total. The first kappa shape index (κ1) is 27.2. The van der Waals surface area contributed by atoms with Crippen molar-refractivity contribution >= 4 is 39.8 Å². The lowest BCUT2D eigenvalue weighted by atomic mass is 10.0. The number of nitrogens with one attached hydrogen (secondary N) is 2. The van der Waals surface area contributed by atoms with E-state index in [0.29, 0.717) is 30.5 Å². The first-order valence-electron chi connectivity index (χ1n) is 10.3. The van der Waals surface area contributed by atoms with Gasteiger partial charge in [0.05, 0.1) is 11.4 Å². The minimum absolute atomic E-state index is 0. The summed E-state index contributed by atoms with van der Waals surface area (Å²) >= 11 is 0. The molecule has 0 radical (unpaired) electrons. The third kappa shape index (κ3) is 9.90. The van der Waals surface area contributed by atoms with Crippen molar-refractivity contribution in [3.63, 3.8) is 0 Å². The van der Waals surface area contributed by atoms with E-state index in [9.17, 15) is 8.42 Å². The molecule has 2 rings (SSSR count). The molecule has 0 aliphatic rings. The molecule has 0 saturated carbocycles. The largest absolute Gasteiger partial charge is 0.492 e. The highest BCUT2D eigenvalue weighted by Gasteiger charge is 2.06. The third-order valence-electron chi connectivity index (χ3n) is 4.58. The zero-order valence-corrected chi connectivity index (χ0v) is 21.9. The van der Waals surface area contributed by atoms with Crippen LogP contribution >= 0.6 is 24.0 Å².